The van der Waals surface area contributed by atoms with Crippen LogP contribution in [0, 0.1) is 11.8 Å². The molecule has 0 aromatic rings. The van der Waals surface area contributed by atoms with Gasteiger partial charge >= 0.3 is 5.97 Å². The van der Waals surface area contributed by atoms with E-state index in [4.69, 9.17) is 5.11 Å². The summed E-state index contributed by atoms with van der Waals surface area (Å²) in [5.41, 5.74) is 0. The molecule has 0 amide bonds. The van der Waals surface area contributed by atoms with Gasteiger partial charge < -0.3 is 5.11 Å². The minimum absolute atomic E-state index is 0.178. The highest BCUT2D eigenvalue weighted by Gasteiger charge is 2.17. The molecule has 2 unspecified atom stereocenters. The van der Waals surface area contributed by atoms with Gasteiger partial charge in [0.05, 0.1) is 5.92 Å². The van der Waals surface area contributed by atoms with Gasteiger partial charge in [-0.1, -0.05) is 72.1 Å². The van der Waals surface area contributed by atoms with Crippen molar-refractivity contribution in [2.24, 2.45) is 11.8 Å². The van der Waals surface area contributed by atoms with E-state index in [0.29, 0.717) is 5.92 Å². The lowest BCUT2D eigenvalue weighted by atomic mass is 9.87. The Morgan fingerprint density at radius 1 is 1.00 bits per heavy atom. The van der Waals surface area contributed by atoms with E-state index >= 15 is 0 Å². The molecule has 0 spiro atoms. The van der Waals surface area contributed by atoms with Gasteiger partial charge in [0.15, 0.2) is 0 Å². The van der Waals surface area contributed by atoms with E-state index < -0.39 is 5.97 Å². The van der Waals surface area contributed by atoms with Crippen molar-refractivity contribution in [3.63, 3.8) is 0 Å². The minimum Gasteiger partial charge on any atom is -0.481 e. The van der Waals surface area contributed by atoms with Crippen LogP contribution in [0.25, 0.3) is 0 Å². The summed E-state index contributed by atoms with van der Waals surface area (Å²) in [6.07, 6.45) is 10.9. The molecule has 0 aliphatic rings. The van der Waals surface area contributed by atoms with Crippen molar-refractivity contribution < 1.29 is 9.90 Å². The van der Waals surface area contributed by atoms with E-state index in [9.17, 15) is 4.79 Å². The quantitative estimate of drug-likeness (QED) is 0.525. The number of carboxylic acids is 1. The molecule has 0 radical (unpaired) electrons. The molecule has 0 saturated heterocycles. The van der Waals surface area contributed by atoms with E-state index in [1.807, 2.05) is 6.92 Å². The van der Waals surface area contributed by atoms with Crippen LogP contribution in [0.15, 0.2) is 0 Å². The molecule has 1 N–H and O–H groups in total. The van der Waals surface area contributed by atoms with Crippen LogP contribution in [0.2, 0.25) is 0 Å². The van der Waals surface area contributed by atoms with Gasteiger partial charge in [-0.3, -0.25) is 4.79 Å². The minimum atomic E-state index is -0.639. The Morgan fingerprint density at radius 3 is 2.12 bits per heavy atom. The summed E-state index contributed by atoms with van der Waals surface area (Å²) in [6.45, 7) is 6.27. The maximum Gasteiger partial charge on any atom is 0.306 e. The maximum absolute atomic E-state index is 10.9. The summed E-state index contributed by atoms with van der Waals surface area (Å²) in [4.78, 5) is 10.9. The van der Waals surface area contributed by atoms with Crippen LogP contribution in [-0.4, -0.2) is 11.1 Å². The zero-order valence-electron chi connectivity index (χ0n) is 11.9. The number of hydrogen-bond acceptors (Lipinski definition) is 1. The summed E-state index contributed by atoms with van der Waals surface area (Å²) < 4.78 is 0. The summed E-state index contributed by atoms with van der Waals surface area (Å²) in [7, 11) is 0. The van der Waals surface area contributed by atoms with Gasteiger partial charge in [-0.2, -0.15) is 0 Å². The summed E-state index contributed by atoms with van der Waals surface area (Å²) in [5.74, 6) is -0.194. The molecule has 2 heteroatoms. The number of unbranched alkanes of at least 4 members (excludes halogenated alkanes) is 4. The van der Waals surface area contributed by atoms with Gasteiger partial charge in [0.2, 0.25) is 0 Å². The highest BCUT2D eigenvalue weighted by Crippen LogP contribution is 2.24. The van der Waals surface area contributed by atoms with Crippen LogP contribution >= 0.6 is 0 Å². The van der Waals surface area contributed by atoms with Crippen molar-refractivity contribution in [3.05, 3.63) is 0 Å². The molecule has 0 aromatic heterocycles. The molecule has 2 nitrogen and oxygen atoms in total. The zero-order valence-corrected chi connectivity index (χ0v) is 11.9. The van der Waals surface area contributed by atoms with Crippen LogP contribution < -0.4 is 0 Å². The first-order chi connectivity index (χ1) is 8.11. The van der Waals surface area contributed by atoms with Crippen molar-refractivity contribution in [2.75, 3.05) is 0 Å². The molecule has 0 aliphatic heterocycles. The van der Waals surface area contributed by atoms with Gasteiger partial charge in [-0.25, -0.2) is 0 Å². The molecule has 0 saturated carbocycles. The standard InChI is InChI=1S/C15H30O2/c1-4-6-8-9-11-14(10-7-5-2)12-13(3)15(16)17/h13-14H,4-12H2,1-3H3,(H,16,17). The summed E-state index contributed by atoms with van der Waals surface area (Å²) in [5, 5.41) is 8.97. The highest BCUT2D eigenvalue weighted by molar-refractivity contribution is 5.69. The number of carboxylic acid groups (broad SMARTS) is 1. The van der Waals surface area contributed by atoms with Crippen molar-refractivity contribution in [2.45, 2.75) is 78.6 Å². The Hall–Kier alpha value is -0.530. The third kappa shape index (κ3) is 9.20. The Balaban J connectivity index is 3.90. The van der Waals surface area contributed by atoms with E-state index in [1.165, 1.54) is 51.4 Å². The Bertz CT molecular complexity index is 189. The van der Waals surface area contributed by atoms with Crippen LogP contribution in [-0.2, 0) is 4.79 Å². The average molecular weight is 242 g/mol. The van der Waals surface area contributed by atoms with Gasteiger partial charge in [0.1, 0.15) is 0 Å². The second-order valence-corrected chi connectivity index (χ2v) is 5.33. The number of hydrogen-bond donors (Lipinski definition) is 1. The third-order valence-electron chi connectivity index (χ3n) is 3.54. The molecule has 0 aromatic carbocycles. The summed E-state index contributed by atoms with van der Waals surface area (Å²) >= 11 is 0. The van der Waals surface area contributed by atoms with Crippen LogP contribution in [0.4, 0.5) is 0 Å². The van der Waals surface area contributed by atoms with Gasteiger partial charge in [-0.15, -0.1) is 0 Å². The maximum atomic E-state index is 10.9. The monoisotopic (exact) mass is 242 g/mol. The molecule has 0 aliphatic carbocycles. The fourth-order valence-corrected chi connectivity index (χ4v) is 2.33. The fraction of sp³-hybridized carbons (Fsp3) is 0.933. The van der Waals surface area contributed by atoms with Crippen molar-refractivity contribution >= 4 is 5.97 Å². The molecular weight excluding hydrogens is 212 g/mol. The van der Waals surface area contributed by atoms with Crippen molar-refractivity contribution in [3.8, 4) is 0 Å². The lowest BCUT2D eigenvalue weighted by Crippen LogP contribution is -2.15. The lowest BCUT2D eigenvalue weighted by Gasteiger charge is -2.18. The first-order valence-electron chi connectivity index (χ1n) is 7.34. The number of carbonyl (C=O) groups is 1. The topological polar surface area (TPSA) is 37.3 Å². The second kappa shape index (κ2) is 10.6. The molecule has 0 rings (SSSR count). The van der Waals surface area contributed by atoms with Crippen LogP contribution in [0.5, 0.6) is 0 Å². The molecular formula is C15H30O2. The molecule has 102 valence electrons. The van der Waals surface area contributed by atoms with E-state index in [2.05, 4.69) is 13.8 Å². The van der Waals surface area contributed by atoms with Crippen LogP contribution in [0.1, 0.15) is 78.6 Å². The van der Waals surface area contributed by atoms with Crippen molar-refractivity contribution in [1.29, 1.82) is 0 Å². The summed E-state index contributed by atoms with van der Waals surface area (Å²) in [6, 6.07) is 0. The largest absolute Gasteiger partial charge is 0.481 e. The first-order valence-corrected chi connectivity index (χ1v) is 7.34. The van der Waals surface area contributed by atoms with E-state index in [0.717, 1.165) is 6.42 Å². The van der Waals surface area contributed by atoms with Gasteiger partial charge in [-0.05, 0) is 12.3 Å². The lowest BCUT2D eigenvalue weighted by molar-refractivity contribution is -0.141. The highest BCUT2D eigenvalue weighted by atomic mass is 16.4. The zero-order chi connectivity index (χ0) is 13.1. The fourth-order valence-electron chi connectivity index (χ4n) is 2.33. The predicted octanol–water partition coefficient (Wildman–Crippen LogP) is 4.87. The Morgan fingerprint density at radius 2 is 1.59 bits per heavy atom. The van der Waals surface area contributed by atoms with Gasteiger partial charge in [0, 0.05) is 0 Å². The molecule has 0 heterocycles. The number of rotatable bonds is 11. The number of aliphatic carboxylic acids is 1. The molecule has 2 atom stereocenters. The Labute approximate surface area is 107 Å². The average Bonchev–Trinajstić information content (AvgIpc) is 2.30. The van der Waals surface area contributed by atoms with Crippen LogP contribution in [0.3, 0.4) is 0 Å². The SMILES string of the molecule is CCCCCCC(CCCC)CC(C)C(=O)O. The normalized spacial score (nSPS) is 14.5. The van der Waals surface area contributed by atoms with Crippen molar-refractivity contribution in [1.82, 2.24) is 0 Å². The molecule has 17 heavy (non-hydrogen) atoms. The smallest absolute Gasteiger partial charge is 0.306 e. The third-order valence-corrected chi connectivity index (χ3v) is 3.54. The Kier molecular flexibility index (Phi) is 10.3. The second-order valence-electron chi connectivity index (χ2n) is 5.33. The predicted molar refractivity (Wildman–Crippen MR) is 73.2 cm³/mol. The van der Waals surface area contributed by atoms with E-state index in [-0.39, 0.29) is 5.92 Å². The van der Waals surface area contributed by atoms with E-state index in [1.54, 1.807) is 0 Å². The first kappa shape index (κ1) is 16.5. The van der Waals surface area contributed by atoms with Gasteiger partial charge in [0.25, 0.3) is 0 Å². The molecule has 0 fully saturated rings. The molecule has 0 bridgehead atoms.